The van der Waals surface area contributed by atoms with Crippen molar-refractivity contribution in [1.82, 2.24) is 9.97 Å². The number of nitrogens with one attached hydrogen (secondary N) is 1. The summed E-state index contributed by atoms with van der Waals surface area (Å²) >= 11 is 1.53. The largest absolute Gasteiger partial charge is 0.467 e. The Morgan fingerprint density at radius 3 is 2.63 bits per heavy atom. The third-order valence-corrected chi connectivity index (χ3v) is 4.98. The van der Waals surface area contributed by atoms with Gasteiger partial charge in [-0.1, -0.05) is 48.0 Å². The maximum atomic E-state index is 12.2. The average Bonchev–Trinajstić information content (AvgIpc) is 3.14. The normalized spacial score (nSPS) is 10.7. The van der Waals surface area contributed by atoms with E-state index in [1.54, 1.807) is 0 Å². The molecule has 0 unspecified atom stereocenters. The first kappa shape index (κ1) is 17.2. The van der Waals surface area contributed by atoms with Gasteiger partial charge in [0.05, 0.1) is 5.39 Å². The van der Waals surface area contributed by atoms with Gasteiger partial charge in [-0.05, 0) is 24.6 Å². The number of amides is 1. The minimum atomic E-state index is -0.234. The molecule has 134 valence electrons. The van der Waals surface area contributed by atoms with Crippen molar-refractivity contribution in [2.75, 3.05) is 11.9 Å². The number of aryl methyl sites for hydroxylation is 1. The van der Waals surface area contributed by atoms with Crippen LogP contribution in [0.3, 0.4) is 0 Å². The van der Waals surface area contributed by atoms with Crippen LogP contribution in [0.5, 0.6) is 5.88 Å². The molecule has 1 N–H and O–H groups in total. The van der Waals surface area contributed by atoms with Gasteiger partial charge in [0.1, 0.15) is 11.2 Å². The molecule has 27 heavy (non-hydrogen) atoms. The lowest BCUT2D eigenvalue weighted by molar-refractivity contribution is -0.118. The summed E-state index contributed by atoms with van der Waals surface area (Å²) in [6.07, 6.45) is 1.46. The molecule has 0 aliphatic heterocycles. The zero-order chi connectivity index (χ0) is 18.6. The lowest BCUT2D eigenvalue weighted by atomic mass is 10.1. The van der Waals surface area contributed by atoms with Crippen LogP contribution in [0.25, 0.3) is 21.3 Å². The number of hydrogen-bond acceptors (Lipinski definition) is 5. The number of ether oxygens (including phenoxy) is 1. The summed E-state index contributed by atoms with van der Waals surface area (Å²) in [4.78, 5) is 21.6. The molecule has 0 aliphatic rings. The molecule has 0 radical (unpaired) electrons. The summed E-state index contributed by atoms with van der Waals surface area (Å²) in [5.41, 5.74) is 3.94. The van der Waals surface area contributed by atoms with Gasteiger partial charge in [0.2, 0.25) is 5.88 Å². The van der Waals surface area contributed by atoms with E-state index in [0.29, 0.717) is 5.88 Å². The van der Waals surface area contributed by atoms with Crippen LogP contribution in [0.1, 0.15) is 5.56 Å². The summed E-state index contributed by atoms with van der Waals surface area (Å²) in [5.74, 6) is 0.182. The molecule has 1 amide bonds. The van der Waals surface area contributed by atoms with Crippen molar-refractivity contribution < 1.29 is 9.53 Å². The molecule has 2 aromatic heterocycles. The first-order valence-electron chi connectivity index (χ1n) is 8.47. The fourth-order valence-electron chi connectivity index (χ4n) is 2.76. The summed E-state index contributed by atoms with van der Waals surface area (Å²) in [6, 6.07) is 17.6. The number of fused-ring (bicyclic) bond motifs is 1. The highest BCUT2D eigenvalue weighted by molar-refractivity contribution is 7.17. The highest BCUT2D eigenvalue weighted by Gasteiger charge is 2.15. The summed E-state index contributed by atoms with van der Waals surface area (Å²) < 4.78 is 5.74. The molecule has 6 heteroatoms. The van der Waals surface area contributed by atoms with Crippen LogP contribution in [-0.2, 0) is 4.79 Å². The number of carbonyl (C=O) groups excluding carboxylic acids is 1. The number of rotatable bonds is 5. The monoisotopic (exact) mass is 375 g/mol. The van der Waals surface area contributed by atoms with Gasteiger partial charge in [-0.25, -0.2) is 9.97 Å². The van der Waals surface area contributed by atoms with Gasteiger partial charge in [0.15, 0.2) is 6.61 Å². The van der Waals surface area contributed by atoms with Crippen molar-refractivity contribution in [3.63, 3.8) is 0 Å². The Bertz CT molecular complexity index is 1080. The van der Waals surface area contributed by atoms with Crippen LogP contribution in [-0.4, -0.2) is 22.5 Å². The lowest BCUT2D eigenvalue weighted by Gasteiger charge is -2.09. The van der Waals surface area contributed by atoms with E-state index in [1.165, 1.54) is 17.7 Å². The Balaban J connectivity index is 1.54. The molecule has 4 rings (SSSR count). The van der Waals surface area contributed by atoms with Crippen LogP contribution in [0.4, 0.5) is 5.69 Å². The fraction of sp³-hybridized carbons (Fsp3) is 0.0952. The molecule has 2 heterocycles. The Morgan fingerprint density at radius 1 is 1.07 bits per heavy atom. The van der Waals surface area contributed by atoms with Gasteiger partial charge >= 0.3 is 0 Å². The van der Waals surface area contributed by atoms with Gasteiger partial charge in [-0.15, -0.1) is 11.3 Å². The van der Waals surface area contributed by atoms with Gasteiger partial charge in [0, 0.05) is 16.6 Å². The van der Waals surface area contributed by atoms with E-state index in [9.17, 15) is 4.79 Å². The van der Waals surface area contributed by atoms with Gasteiger partial charge in [0.25, 0.3) is 5.91 Å². The van der Waals surface area contributed by atoms with E-state index in [2.05, 4.69) is 15.3 Å². The highest BCUT2D eigenvalue weighted by Crippen LogP contribution is 2.37. The Hall–Kier alpha value is -3.25. The molecule has 0 saturated carbocycles. The second kappa shape index (κ2) is 7.55. The smallest absolute Gasteiger partial charge is 0.262 e. The second-order valence-electron chi connectivity index (χ2n) is 6.08. The minimum absolute atomic E-state index is 0.121. The van der Waals surface area contributed by atoms with Gasteiger partial charge < -0.3 is 10.1 Å². The topological polar surface area (TPSA) is 64.1 Å². The third kappa shape index (κ3) is 3.80. The predicted octanol–water partition coefficient (Wildman–Crippen LogP) is 4.68. The molecule has 2 aromatic carbocycles. The van der Waals surface area contributed by atoms with Crippen LogP contribution in [0.15, 0.2) is 66.3 Å². The van der Waals surface area contributed by atoms with E-state index in [0.717, 1.165) is 32.6 Å². The molecular formula is C21H17N3O2S. The number of benzene rings is 2. The van der Waals surface area contributed by atoms with Gasteiger partial charge in [-0.2, -0.15) is 0 Å². The summed E-state index contributed by atoms with van der Waals surface area (Å²) in [7, 11) is 0. The van der Waals surface area contributed by atoms with E-state index < -0.39 is 0 Å². The standard InChI is InChI=1S/C21H17N3O2S/c1-14-7-9-16(10-8-14)24-18(25)11-26-20-19-17(15-5-3-2-4-6-15)12-27-21(19)23-13-22-20/h2-10,12-13H,11H2,1H3,(H,24,25). The van der Waals surface area contributed by atoms with E-state index >= 15 is 0 Å². The molecule has 0 spiro atoms. The molecule has 5 nitrogen and oxygen atoms in total. The van der Waals surface area contributed by atoms with E-state index in [4.69, 9.17) is 4.74 Å². The van der Waals surface area contributed by atoms with Crippen molar-refractivity contribution in [3.05, 3.63) is 71.9 Å². The van der Waals surface area contributed by atoms with Crippen LogP contribution < -0.4 is 10.1 Å². The van der Waals surface area contributed by atoms with Crippen LogP contribution >= 0.6 is 11.3 Å². The molecule has 0 bridgehead atoms. The molecule has 0 fully saturated rings. The van der Waals surface area contributed by atoms with Crippen molar-refractivity contribution >= 4 is 33.1 Å². The van der Waals surface area contributed by atoms with Crippen molar-refractivity contribution in [2.24, 2.45) is 0 Å². The molecular weight excluding hydrogens is 358 g/mol. The molecule has 0 aliphatic carbocycles. The first-order valence-corrected chi connectivity index (χ1v) is 9.35. The number of hydrogen-bond donors (Lipinski definition) is 1. The van der Waals surface area contributed by atoms with Crippen molar-refractivity contribution in [3.8, 4) is 17.0 Å². The van der Waals surface area contributed by atoms with Crippen molar-refractivity contribution in [1.29, 1.82) is 0 Å². The van der Waals surface area contributed by atoms with E-state index in [-0.39, 0.29) is 12.5 Å². The third-order valence-electron chi connectivity index (χ3n) is 4.10. The number of thiophene rings is 1. The lowest BCUT2D eigenvalue weighted by Crippen LogP contribution is -2.20. The SMILES string of the molecule is Cc1ccc(NC(=O)COc2ncnc3scc(-c4ccccc4)c23)cc1. The molecule has 4 aromatic rings. The number of nitrogens with zero attached hydrogens (tertiary/aromatic N) is 2. The zero-order valence-corrected chi connectivity index (χ0v) is 15.5. The highest BCUT2D eigenvalue weighted by atomic mass is 32.1. The van der Waals surface area contributed by atoms with Crippen LogP contribution in [0, 0.1) is 6.92 Å². The fourth-order valence-corrected chi connectivity index (χ4v) is 3.66. The van der Waals surface area contributed by atoms with Crippen LogP contribution in [0.2, 0.25) is 0 Å². The Morgan fingerprint density at radius 2 is 1.85 bits per heavy atom. The maximum Gasteiger partial charge on any atom is 0.262 e. The van der Waals surface area contributed by atoms with E-state index in [1.807, 2.05) is 66.9 Å². The summed E-state index contributed by atoms with van der Waals surface area (Å²) in [6.45, 7) is 1.88. The first-order chi connectivity index (χ1) is 13.2. The van der Waals surface area contributed by atoms with Gasteiger partial charge in [-0.3, -0.25) is 4.79 Å². The number of aromatic nitrogens is 2. The number of carbonyl (C=O) groups is 1. The maximum absolute atomic E-state index is 12.2. The molecule has 0 saturated heterocycles. The Labute approximate surface area is 160 Å². The predicted molar refractivity (Wildman–Crippen MR) is 108 cm³/mol. The quantitative estimate of drug-likeness (QED) is 0.550. The zero-order valence-electron chi connectivity index (χ0n) is 14.7. The summed E-state index contributed by atoms with van der Waals surface area (Å²) in [5, 5.41) is 5.69. The Kier molecular flexibility index (Phi) is 4.80. The number of anilines is 1. The second-order valence-corrected chi connectivity index (χ2v) is 6.94. The average molecular weight is 375 g/mol. The van der Waals surface area contributed by atoms with Crippen molar-refractivity contribution in [2.45, 2.75) is 6.92 Å². The minimum Gasteiger partial charge on any atom is -0.467 e. The molecule has 0 atom stereocenters.